The van der Waals surface area contributed by atoms with Crippen molar-refractivity contribution in [1.29, 1.82) is 0 Å². The van der Waals surface area contributed by atoms with Crippen molar-refractivity contribution in [1.82, 2.24) is 0 Å². The Morgan fingerprint density at radius 1 is 0.739 bits per heavy atom. The maximum atomic E-state index is 13.4. The molecular formula is C11H10F12. The average Bonchev–Trinajstić information content (AvgIpc) is 2.22. The first-order chi connectivity index (χ1) is 9.76. The zero-order chi connectivity index (χ0) is 19.1. The molecule has 0 saturated heterocycles. The molecule has 0 saturated carbocycles. The highest BCUT2D eigenvalue weighted by Gasteiger charge is 2.73. The van der Waals surface area contributed by atoms with Gasteiger partial charge in [-0.3, -0.25) is 0 Å². The first kappa shape index (κ1) is 21.9. The van der Waals surface area contributed by atoms with Crippen LogP contribution in [-0.2, 0) is 0 Å². The molecular weight excluding hydrogens is 360 g/mol. The number of alkyl halides is 11. The average molecular weight is 370 g/mol. The molecule has 0 heterocycles. The van der Waals surface area contributed by atoms with Crippen LogP contribution in [0, 0.1) is 5.92 Å². The number of halogens is 12. The topological polar surface area (TPSA) is 0 Å². The lowest BCUT2D eigenvalue weighted by Crippen LogP contribution is -2.54. The van der Waals surface area contributed by atoms with Crippen LogP contribution in [0.2, 0.25) is 0 Å². The monoisotopic (exact) mass is 370 g/mol. The molecule has 0 nitrogen and oxygen atoms in total. The summed E-state index contributed by atoms with van der Waals surface area (Å²) in [5.41, 5.74) is -10.4. The molecule has 2 atom stereocenters. The minimum absolute atomic E-state index is 0.218. The van der Waals surface area contributed by atoms with E-state index in [0.29, 0.717) is 0 Å². The number of hydrogen-bond acceptors (Lipinski definition) is 0. The second-order valence-corrected chi connectivity index (χ2v) is 5.04. The third-order valence-electron chi connectivity index (χ3n) is 3.09. The van der Waals surface area contributed by atoms with Gasteiger partial charge in [-0.2, -0.15) is 39.5 Å². The Morgan fingerprint density at radius 3 is 1.30 bits per heavy atom. The maximum Gasteiger partial charge on any atom is 0.431 e. The molecule has 0 aliphatic carbocycles. The van der Waals surface area contributed by atoms with E-state index >= 15 is 0 Å². The molecule has 12 heteroatoms. The van der Waals surface area contributed by atoms with Crippen LogP contribution in [0.3, 0.4) is 0 Å². The Morgan fingerprint density at radius 2 is 1.09 bits per heavy atom. The predicted octanol–water partition coefficient (Wildman–Crippen LogP) is 5.99. The van der Waals surface area contributed by atoms with Crippen LogP contribution in [0.15, 0.2) is 12.4 Å². The normalized spacial score (nSPS) is 18.5. The summed E-state index contributed by atoms with van der Waals surface area (Å²) in [7, 11) is 0. The number of allylic oxidation sites excluding steroid dienone is 1. The van der Waals surface area contributed by atoms with Crippen molar-refractivity contribution in [2.45, 2.75) is 49.6 Å². The molecule has 2 unspecified atom stereocenters. The molecule has 0 bridgehead atoms. The molecule has 23 heavy (non-hydrogen) atoms. The van der Waals surface area contributed by atoms with Crippen LogP contribution < -0.4 is 0 Å². The summed E-state index contributed by atoms with van der Waals surface area (Å²) < 4.78 is 151. The van der Waals surface area contributed by atoms with Gasteiger partial charge in [0.25, 0.3) is 5.67 Å². The highest BCUT2D eigenvalue weighted by atomic mass is 19.4. The summed E-state index contributed by atoms with van der Waals surface area (Å²) in [5, 5.41) is 0. The SMILES string of the molecule is C=C(F)C(CC(C)(F)C(F)(F)F)CC(F)(C(F)(F)F)C(F)(F)F. The Bertz CT molecular complexity index is 410. The van der Waals surface area contributed by atoms with E-state index in [2.05, 4.69) is 6.58 Å². The Labute approximate surface area is 122 Å². The maximum absolute atomic E-state index is 13.4. The van der Waals surface area contributed by atoms with Gasteiger partial charge in [-0.15, -0.1) is 0 Å². The van der Waals surface area contributed by atoms with Gasteiger partial charge in [0.2, 0.25) is 5.67 Å². The van der Waals surface area contributed by atoms with Crippen molar-refractivity contribution in [2.24, 2.45) is 5.92 Å². The number of rotatable bonds is 5. The Hall–Kier alpha value is -1.10. The van der Waals surface area contributed by atoms with Crippen molar-refractivity contribution < 1.29 is 52.7 Å². The van der Waals surface area contributed by atoms with Crippen molar-refractivity contribution >= 4 is 0 Å². The quantitative estimate of drug-likeness (QED) is 0.522. The summed E-state index contributed by atoms with van der Waals surface area (Å²) in [6.45, 7) is 2.05. The van der Waals surface area contributed by atoms with E-state index in [1.165, 1.54) is 0 Å². The van der Waals surface area contributed by atoms with Crippen LogP contribution in [0.1, 0.15) is 19.8 Å². The second kappa shape index (κ2) is 6.08. The van der Waals surface area contributed by atoms with Crippen LogP contribution in [0.25, 0.3) is 0 Å². The van der Waals surface area contributed by atoms with E-state index in [1.54, 1.807) is 0 Å². The highest BCUT2D eigenvalue weighted by molar-refractivity contribution is 5.04. The van der Waals surface area contributed by atoms with Gasteiger partial charge in [-0.1, -0.05) is 6.58 Å². The summed E-state index contributed by atoms with van der Waals surface area (Å²) in [4.78, 5) is 0. The molecule has 0 aromatic heterocycles. The van der Waals surface area contributed by atoms with Gasteiger partial charge < -0.3 is 0 Å². The second-order valence-electron chi connectivity index (χ2n) is 5.04. The fraction of sp³-hybridized carbons (Fsp3) is 0.818. The summed E-state index contributed by atoms with van der Waals surface area (Å²) in [6.07, 6.45) is -23.9. The predicted molar refractivity (Wildman–Crippen MR) is 54.5 cm³/mol. The van der Waals surface area contributed by atoms with E-state index in [0.717, 1.165) is 0 Å². The van der Waals surface area contributed by atoms with Crippen LogP contribution >= 0.6 is 0 Å². The molecule has 0 rings (SSSR count). The summed E-state index contributed by atoms with van der Waals surface area (Å²) in [5.74, 6) is -5.13. The first-order valence-electron chi connectivity index (χ1n) is 5.68. The summed E-state index contributed by atoms with van der Waals surface area (Å²) in [6, 6.07) is 0. The minimum Gasteiger partial charge on any atom is -0.234 e. The van der Waals surface area contributed by atoms with E-state index in [-0.39, 0.29) is 6.92 Å². The van der Waals surface area contributed by atoms with Crippen LogP contribution in [0.5, 0.6) is 0 Å². The van der Waals surface area contributed by atoms with E-state index in [9.17, 15) is 52.7 Å². The largest absolute Gasteiger partial charge is 0.431 e. The molecule has 138 valence electrons. The van der Waals surface area contributed by atoms with Gasteiger partial charge in [0.15, 0.2) is 0 Å². The lowest BCUT2D eigenvalue weighted by Gasteiger charge is -2.34. The van der Waals surface area contributed by atoms with Gasteiger partial charge >= 0.3 is 18.5 Å². The number of hydrogen-bond donors (Lipinski definition) is 0. The lowest BCUT2D eigenvalue weighted by atomic mass is 9.83. The highest BCUT2D eigenvalue weighted by Crippen LogP contribution is 2.52. The zero-order valence-electron chi connectivity index (χ0n) is 11.2. The third-order valence-corrected chi connectivity index (χ3v) is 3.09. The molecule has 0 aliphatic heterocycles. The smallest absolute Gasteiger partial charge is 0.234 e. The van der Waals surface area contributed by atoms with Crippen LogP contribution in [-0.4, -0.2) is 29.9 Å². The molecule has 0 amide bonds. The van der Waals surface area contributed by atoms with E-state index < -0.39 is 54.5 Å². The fourth-order valence-corrected chi connectivity index (χ4v) is 1.60. The van der Waals surface area contributed by atoms with Gasteiger partial charge in [0, 0.05) is 12.3 Å². The van der Waals surface area contributed by atoms with Gasteiger partial charge in [0.1, 0.15) is 0 Å². The van der Waals surface area contributed by atoms with Crippen molar-refractivity contribution in [3.63, 3.8) is 0 Å². The lowest BCUT2D eigenvalue weighted by molar-refractivity contribution is -0.346. The van der Waals surface area contributed by atoms with Gasteiger partial charge in [0.05, 0.1) is 5.83 Å². The van der Waals surface area contributed by atoms with Crippen molar-refractivity contribution in [3.8, 4) is 0 Å². The standard InChI is InChI=1S/C11H10F12/c1-5(12)6(3-7(2,13)9(15,16)17)4-8(14,10(18,19)20)11(21,22)23/h6H,1,3-4H2,2H3. The third kappa shape index (κ3) is 4.69. The summed E-state index contributed by atoms with van der Waals surface area (Å²) >= 11 is 0. The van der Waals surface area contributed by atoms with Crippen LogP contribution in [0.4, 0.5) is 52.7 Å². The zero-order valence-corrected chi connectivity index (χ0v) is 11.2. The van der Waals surface area contributed by atoms with Gasteiger partial charge in [-0.05, 0) is 13.3 Å². The van der Waals surface area contributed by atoms with Gasteiger partial charge in [-0.25, -0.2) is 13.2 Å². The first-order valence-corrected chi connectivity index (χ1v) is 5.68. The van der Waals surface area contributed by atoms with E-state index in [4.69, 9.17) is 0 Å². The molecule has 0 N–H and O–H groups in total. The Kier molecular flexibility index (Phi) is 5.79. The van der Waals surface area contributed by atoms with Crippen molar-refractivity contribution in [2.75, 3.05) is 0 Å². The fourth-order valence-electron chi connectivity index (χ4n) is 1.60. The molecule has 0 aliphatic rings. The molecule has 0 radical (unpaired) electrons. The molecule has 0 fully saturated rings. The van der Waals surface area contributed by atoms with E-state index in [1.807, 2.05) is 0 Å². The van der Waals surface area contributed by atoms with Crippen molar-refractivity contribution in [3.05, 3.63) is 12.4 Å². The molecule has 0 aromatic rings. The molecule has 0 spiro atoms. The Balaban J connectivity index is 5.72. The molecule has 0 aromatic carbocycles. The minimum atomic E-state index is -6.59.